The molecule has 1 amide bonds. The molecule has 0 saturated carbocycles. The van der Waals surface area contributed by atoms with E-state index in [2.05, 4.69) is 15.6 Å². The fraction of sp³-hybridized carbons (Fsp3) is 0.417. The molecule has 102 valence electrons. The van der Waals surface area contributed by atoms with Gasteiger partial charge in [0.25, 0.3) is 0 Å². The van der Waals surface area contributed by atoms with Crippen LogP contribution in [-0.2, 0) is 4.79 Å². The highest BCUT2D eigenvalue weighted by atomic mass is 16.4. The molecule has 0 unspecified atom stereocenters. The first kappa shape index (κ1) is 13.3. The molecule has 0 atom stereocenters. The van der Waals surface area contributed by atoms with E-state index in [1.807, 2.05) is 0 Å². The zero-order valence-electron chi connectivity index (χ0n) is 10.4. The highest BCUT2D eigenvalue weighted by Crippen LogP contribution is 2.05. The van der Waals surface area contributed by atoms with Gasteiger partial charge in [-0.1, -0.05) is 0 Å². The Bertz CT molecular complexity index is 455. The van der Waals surface area contributed by atoms with Gasteiger partial charge >= 0.3 is 5.97 Å². The molecule has 2 heterocycles. The van der Waals surface area contributed by atoms with Crippen LogP contribution in [0.4, 0.5) is 5.82 Å². The SMILES string of the molecule is O=C(O)c1ccc(NCC(=O)N2CCNCC2)nc1. The second-order valence-electron chi connectivity index (χ2n) is 4.22. The van der Waals surface area contributed by atoms with E-state index in [4.69, 9.17) is 5.11 Å². The summed E-state index contributed by atoms with van der Waals surface area (Å²) < 4.78 is 0. The lowest BCUT2D eigenvalue weighted by molar-refractivity contribution is -0.129. The molecule has 19 heavy (non-hydrogen) atoms. The van der Waals surface area contributed by atoms with E-state index >= 15 is 0 Å². The summed E-state index contributed by atoms with van der Waals surface area (Å²) in [6, 6.07) is 3.00. The van der Waals surface area contributed by atoms with Crippen molar-refractivity contribution in [3.8, 4) is 0 Å². The number of carboxylic acids is 1. The number of aromatic nitrogens is 1. The van der Waals surface area contributed by atoms with Crippen molar-refractivity contribution in [2.45, 2.75) is 0 Å². The molecule has 7 heteroatoms. The average molecular weight is 264 g/mol. The van der Waals surface area contributed by atoms with Gasteiger partial charge in [0.2, 0.25) is 5.91 Å². The minimum atomic E-state index is -1.02. The number of carbonyl (C=O) groups is 2. The quantitative estimate of drug-likeness (QED) is 0.686. The van der Waals surface area contributed by atoms with Crippen LogP contribution >= 0.6 is 0 Å². The highest BCUT2D eigenvalue weighted by Gasteiger charge is 2.15. The minimum Gasteiger partial charge on any atom is -0.478 e. The summed E-state index contributed by atoms with van der Waals surface area (Å²) in [4.78, 5) is 28.2. The first-order chi connectivity index (χ1) is 9.16. The molecule has 0 aliphatic carbocycles. The van der Waals surface area contributed by atoms with Crippen LogP contribution in [-0.4, -0.2) is 59.6 Å². The lowest BCUT2D eigenvalue weighted by atomic mass is 10.3. The third kappa shape index (κ3) is 3.65. The average Bonchev–Trinajstić information content (AvgIpc) is 2.46. The Morgan fingerprint density at radius 1 is 1.37 bits per heavy atom. The van der Waals surface area contributed by atoms with Crippen LogP contribution in [0.5, 0.6) is 0 Å². The Balaban J connectivity index is 1.84. The predicted octanol–water partition coefficient (Wildman–Crippen LogP) is -0.376. The molecule has 2 rings (SSSR count). The maximum Gasteiger partial charge on any atom is 0.337 e. The molecule has 1 aliphatic heterocycles. The van der Waals surface area contributed by atoms with E-state index < -0.39 is 5.97 Å². The zero-order chi connectivity index (χ0) is 13.7. The number of rotatable bonds is 4. The number of carbonyl (C=O) groups excluding carboxylic acids is 1. The molecular formula is C12H16N4O3. The largest absolute Gasteiger partial charge is 0.478 e. The monoisotopic (exact) mass is 264 g/mol. The Hall–Kier alpha value is -2.15. The van der Waals surface area contributed by atoms with Crippen molar-refractivity contribution in [3.05, 3.63) is 23.9 Å². The summed E-state index contributed by atoms with van der Waals surface area (Å²) >= 11 is 0. The summed E-state index contributed by atoms with van der Waals surface area (Å²) in [5, 5.41) is 14.8. The van der Waals surface area contributed by atoms with Crippen molar-refractivity contribution in [3.63, 3.8) is 0 Å². The second-order valence-corrected chi connectivity index (χ2v) is 4.22. The third-order valence-electron chi connectivity index (χ3n) is 2.90. The predicted molar refractivity (Wildman–Crippen MR) is 69.1 cm³/mol. The van der Waals surface area contributed by atoms with E-state index in [0.29, 0.717) is 18.9 Å². The summed E-state index contributed by atoms with van der Waals surface area (Å²) in [7, 11) is 0. The Kier molecular flexibility index (Phi) is 4.30. The van der Waals surface area contributed by atoms with Crippen molar-refractivity contribution in [2.75, 3.05) is 38.0 Å². The Labute approximate surface area is 110 Å². The number of anilines is 1. The number of nitrogens with zero attached hydrogens (tertiary/aromatic N) is 2. The van der Waals surface area contributed by atoms with Gasteiger partial charge in [0, 0.05) is 32.4 Å². The van der Waals surface area contributed by atoms with E-state index in [9.17, 15) is 9.59 Å². The molecule has 1 aromatic heterocycles. The van der Waals surface area contributed by atoms with Crippen molar-refractivity contribution in [1.29, 1.82) is 0 Å². The fourth-order valence-corrected chi connectivity index (χ4v) is 1.82. The molecule has 1 aromatic rings. The molecular weight excluding hydrogens is 248 g/mol. The van der Waals surface area contributed by atoms with E-state index in [-0.39, 0.29) is 18.0 Å². The molecule has 0 radical (unpaired) electrons. The standard InChI is InChI=1S/C12H16N4O3/c17-11(16-5-3-13-4-6-16)8-15-10-2-1-9(7-14-10)12(18)19/h1-2,7,13H,3-6,8H2,(H,14,15)(H,18,19). The topological polar surface area (TPSA) is 94.6 Å². The summed E-state index contributed by atoms with van der Waals surface area (Å²) in [6.45, 7) is 3.23. The first-order valence-electron chi connectivity index (χ1n) is 6.08. The molecule has 1 fully saturated rings. The normalized spacial score (nSPS) is 15.1. The van der Waals surface area contributed by atoms with Gasteiger partial charge in [-0.25, -0.2) is 9.78 Å². The van der Waals surface area contributed by atoms with Crippen LogP contribution < -0.4 is 10.6 Å². The molecule has 0 aromatic carbocycles. The van der Waals surface area contributed by atoms with E-state index in [0.717, 1.165) is 13.1 Å². The van der Waals surface area contributed by atoms with Gasteiger partial charge in [-0.05, 0) is 12.1 Å². The van der Waals surface area contributed by atoms with Crippen LogP contribution in [0.2, 0.25) is 0 Å². The lowest BCUT2D eigenvalue weighted by Gasteiger charge is -2.27. The molecule has 1 saturated heterocycles. The maximum absolute atomic E-state index is 11.9. The molecule has 1 aliphatic rings. The van der Waals surface area contributed by atoms with E-state index in [1.165, 1.54) is 12.3 Å². The van der Waals surface area contributed by atoms with Crippen molar-refractivity contribution in [2.24, 2.45) is 0 Å². The number of aromatic carboxylic acids is 1. The van der Waals surface area contributed by atoms with Gasteiger partial charge < -0.3 is 20.6 Å². The van der Waals surface area contributed by atoms with E-state index in [1.54, 1.807) is 11.0 Å². The minimum absolute atomic E-state index is 0.0191. The van der Waals surface area contributed by atoms with Crippen molar-refractivity contribution in [1.82, 2.24) is 15.2 Å². The lowest BCUT2D eigenvalue weighted by Crippen LogP contribution is -2.48. The van der Waals surface area contributed by atoms with Gasteiger partial charge in [0.05, 0.1) is 12.1 Å². The molecule has 0 spiro atoms. The molecule has 3 N–H and O–H groups in total. The van der Waals surface area contributed by atoms with Gasteiger partial charge in [0.1, 0.15) is 5.82 Å². The summed E-state index contributed by atoms with van der Waals surface area (Å²) in [5.41, 5.74) is 0.124. The van der Waals surface area contributed by atoms with Crippen LogP contribution in [0.3, 0.4) is 0 Å². The van der Waals surface area contributed by atoms with Gasteiger partial charge in [0.15, 0.2) is 0 Å². The van der Waals surface area contributed by atoms with Crippen LogP contribution in [0.25, 0.3) is 0 Å². The Morgan fingerprint density at radius 2 is 2.11 bits per heavy atom. The van der Waals surface area contributed by atoms with Gasteiger partial charge in [-0.15, -0.1) is 0 Å². The number of nitrogens with one attached hydrogen (secondary N) is 2. The van der Waals surface area contributed by atoms with Crippen molar-refractivity contribution >= 4 is 17.7 Å². The molecule has 0 bridgehead atoms. The van der Waals surface area contributed by atoms with Crippen LogP contribution in [0.1, 0.15) is 10.4 Å². The second kappa shape index (κ2) is 6.14. The van der Waals surface area contributed by atoms with Gasteiger partial charge in [-0.2, -0.15) is 0 Å². The van der Waals surface area contributed by atoms with Crippen LogP contribution in [0, 0.1) is 0 Å². The highest BCUT2D eigenvalue weighted by molar-refractivity contribution is 5.87. The van der Waals surface area contributed by atoms with Gasteiger partial charge in [-0.3, -0.25) is 4.79 Å². The number of hydrogen-bond donors (Lipinski definition) is 3. The summed E-state index contributed by atoms with van der Waals surface area (Å²) in [6.07, 6.45) is 1.26. The number of carboxylic acid groups (broad SMARTS) is 1. The number of hydrogen-bond acceptors (Lipinski definition) is 5. The number of amides is 1. The molecule has 7 nitrogen and oxygen atoms in total. The first-order valence-corrected chi connectivity index (χ1v) is 6.08. The Morgan fingerprint density at radius 3 is 2.68 bits per heavy atom. The smallest absolute Gasteiger partial charge is 0.337 e. The fourth-order valence-electron chi connectivity index (χ4n) is 1.82. The zero-order valence-corrected chi connectivity index (χ0v) is 10.4. The van der Waals surface area contributed by atoms with Crippen LogP contribution in [0.15, 0.2) is 18.3 Å². The maximum atomic E-state index is 11.9. The van der Waals surface area contributed by atoms with Crippen molar-refractivity contribution < 1.29 is 14.7 Å². The summed E-state index contributed by atoms with van der Waals surface area (Å²) in [5.74, 6) is -0.505. The third-order valence-corrected chi connectivity index (χ3v) is 2.90. The number of pyridine rings is 1. The number of piperazine rings is 1.